The van der Waals surface area contributed by atoms with Gasteiger partial charge in [0.25, 0.3) is 10.0 Å². The van der Waals surface area contributed by atoms with Crippen LogP contribution in [0.1, 0.15) is 48.9 Å². The van der Waals surface area contributed by atoms with Crippen LogP contribution in [0.25, 0.3) is 0 Å². The summed E-state index contributed by atoms with van der Waals surface area (Å²) in [5, 5.41) is 3.34. The average molecular weight is 587 g/mol. The van der Waals surface area contributed by atoms with E-state index in [4.69, 9.17) is 25.8 Å². The Hall–Kier alpha value is -3.43. The molecule has 8 nitrogen and oxygen atoms in total. The normalized spacial score (nSPS) is 13.6. The van der Waals surface area contributed by atoms with Crippen molar-refractivity contribution in [3.8, 4) is 17.2 Å². The van der Waals surface area contributed by atoms with Crippen LogP contribution in [-0.2, 0) is 27.7 Å². The van der Waals surface area contributed by atoms with Gasteiger partial charge in [0.2, 0.25) is 5.91 Å². The number of aryl methyl sites for hydroxylation is 2. The molecule has 0 heterocycles. The van der Waals surface area contributed by atoms with Crippen molar-refractivity contribution >= 4 is 33.2 Å². The fourth-order valence-electron chi connectivity index (χ4n) is 5.02. The highest BCUT2D eigenvalue weighted by Gasteiger charge is 2.31. The maximum absolute atomic E-state index is 14.1. The Balaban J connectivity index is 1.69. The van der Waals surface area contributed by atoms with Gasteiger partial charge >= 0.3 is 0 Å². The monoisotopic (exact) mass is 586 g/mol. The smallest absolute Gasteiger partial charge is 0.265 e. The van der Waals surface area contributed by atoms with Gasteiger partial charge < -0.3 is 19.5 Å². The minimum atomic E-state index is -4.28. The number of rotatable bonds is 11. The summed E-state index contributed by atoms with van der Waals surface area (Å²) in [6.07, 6.45) is 5.10. The van der Waals surface area contributed by atoms with Crippen molar-refractivity contribution < 1.29 is 27.4 Å². The van der Waals surface area contributed by atoms with Crippen LogP contribution in [-0.4, -0.2) is 42.2 Å². The molecule has 0 saturated heterocycles. The summed E-state index contributed by atoms with van der Waals surface area (Å²) in [7, 11) is 0.0369. The summed E-state index contributed by atoms with van der Waals surface area (Å²) in [4.78, 5) is 13.4. The average Bonchev–Trinajstić information content (AvgIpc) is 2.97. The lowest BCUT2D eigenvalue weighted by molar-refractivity contribution is -0.120. The van der Waals surface area contributed by atoms with Gasteiger partial charge in [-0.05, 0) is 79.1 Å². The van der Waals surface area contributed by atoms with Crippen LogP contribution in [0.15, 0.2) is 59.5 Å². The van der Waals surface area contributed by atoms with Gasteiger partial charge in [0.15, 0.2) is 11.5 Å². The topological polar surface area (TPSA) is 94.2 Å². The lowest BCUT2D eigenvalue weighted by atomic mass is 9.89. The van der Waals surface area contributed by atoms with Crippen LogP contribution in [0.3, 0.4) is 0 Å². The van der Waals surface area contributed by atoms with Crippen molar-refractivity contribution in [1.82, 2.24) is 5.32 Å². The standard InChI is InChI=1S/C30H35ClN2O6S/c1-5-25(22-11-10-20-8-6-7-9-21(20)16-22)32-30(34)19-33(26-17-23(31)12-14-27(26)37-2)40(35,36)24-13-15-28(38-3)29(18-24)39-4/h10-18,25H,5-9,19H2,1-4H3,(H,32,34). The van der Waals surface area contributed by atoms with Crippen molar-refractivity contribution in [2.75, 3.05) is 32.2 Å². The van der Waals surface area contributed by atoms with Crippen molar-refractivity contribution in [3.63, 3.8) is 0 Å². The fraction of sp³-hybridized carbons (Fsp3) is 0.367. The molecule has 1 amide bonds. The molecule has 3 aromatic carbocycles. The number of amides is 1. The third kappa shape index (κ3) is 6.31. The predicted octanol–water partition coefficient (Wildman–Crippen LogP) is 5.71. The first-order valence-electron chi connectivity index (χ1n) is 13.2. The van der Waals surface area contributed by atoms with Gasteiger partial charge in [-0.15, -0.1) is 0 Å². The molecular weight excluding hydrogens is 552 g/mol. The first kappa shape index (κ1) is 29.6. The van der Waals surface area contributed by atoms with E-state index in [-0.39, 0.29) is 28.1 Å². The lowest BCUT2D eigenvalue weighted by Crippen LogP contribution is -2.42. The Morgan fingerprint density at radius 2 is 1.57 bits per heavy atom. The highest BCUT2D eigenvalue weighted by atomic mass is 35.5. The fourth-order valence-corrected chi connectivity index (χ4v) is 6.63. The number of ether oxygens (including phenoxy) is 3. The van der Waals surface area contributed by atoms with Crippen LogP contribution >= 0.6 is 11.6 Å². The number of halogens is 1. The third-order valence-corrected chi connectivity index (χ3v) is 9.15. The Labute approximate surface area is 241 Å². The quantitative estimate of drug-likeness (QED) is 0.309. The third-order valence-electron chi connectivity index (χ3n) is 7.16. The van der Waals surface area contributed by atoms with Gasteiger partial charge in [-0.2, -0.15) is 0 Å². The van der Waals surface area contributed by atoms with Gasteiger partial charge in [0.1, 0.15) is 12.3 Å². The first-order chi connectivity index (χ1) is 19.2. The molecule has 1 N–H and O–H groups in total. The molecule has 0 aromatic heterocycles. The molecule has 214 valence electrons. The zero-order chi connectivity index (χ0) is 28.9. The van der Waals surface area contributed by atoms with Gasteiger partial charge in [-0.1, -0.05) is 36.7 Å². The van der Waals surface area contributed by atoms with Crippen LogP contribution in [0.4, 0.5) is 5.69 Å². The number of hydrogen-bond donors (Lipinski definition) is 1. The van der Waals surface area contributed by atoms with E-state index >= 15 is 0 Å². The lowest BCUT2D eigenvalue weighted by Gasteiger charge is -2.27. The molecule has 0 radical (unpaired) electrons. The minimum Gasteiger partial charge on any atom is -0.495 e. The Morgan fingerprint density at radius 3 is 2.25 bits per heavy atom. The van der Waals surface area contributed by atoms with Crippen LogP contribution in [0.5, 0.6) is 17.2 Å². The molecule has 0 saturated carbocycles. The number of nitrogens with one attached hydrogen (secondary N) is 1. The number of carbonyl (C=O) groups excluding carboxylic acids is 1. The van der Waals surface area contributed by atoms with Gasteiger partial charge in [-0.3, -0.25) is 9.10 Å². The molecule has 10 heteroatoms. The van der Waals surface area contributed by atoms with E-state index in [0.29, 0.717) is 17.2 Å². The van der Waals surface area contributed by atoms with Gasteiger partial charge in [0, 0.05) is 11.1 Å². The molecule has 40 heavy (non-hydrogen) atoms. The molecule has 1 unspecified atom stereocenters. The van der Waals surface area contributed by atoms with E-state index in [1.807, 2.05) is 6.92 Å². The molecular formula is C30H35ClN2O6S. The van der Waals surface area contributed by atoms with Gasteiger partial charge in [-0.25, -0.2) is 8.42 Å². The second-order valence-corrected chi connectivity index (χ2v) is 11.9. The van der Waals surface area contributed by atoms with E-state index in [2.05, 4.69) is 23.5 Å². The number of methoxy groups -OCH3 is 3. The highest BCUT2D eigenvalue weighted by Crippen LogP contribution is 2.37. The molecule has 0 aliphatic heterocycles. The van der Waals surface area contributed by atoms with E-state index < -0.39 is 22.5 Å². The molecule has 0 fully saturated rings. The second-order valence-electron chi connectivity index (χ2n) is 9.61. The SMILES string of the molecule is CCC(NC(=O)CN(c1cc(Cl)ccc1OC)S(=O)(=O)c1ccc(OC)c(OC)c1)c1ccc2c(c1)CCCC2. The maximum atomic E-state index is 14.1. The molecule has 0 bridgehead atoms. The summed E-state index contributed by atoms with van der Waals surface area (Å²) in [5.41, 5.74) is 3.82. The van der Waals surface area contributed by atoms with Crippen molar-refractivity contribution in [2.45, 2.75) is 50.0 Å². The van der Waals surface area contributed by atoms with Crippen LogP contribution < -0.4 is 23.8 Å². The van der Waals surface area contributed by atoms with E-state index in [9.17, 15) is 13.2 Å². The Kier molecular flexibility index (Phi) is 9.48. The number of benzene rings is 3. The summed E-state index contributed by atoms with van der Waals surface area (Å²) in [5.74, 6) is 0.407. The first-order valence-corrected chi connectivity index (χ1v) is 15.0. The zero-order valence-corrected chi connectivity index (χ0v) is 24.8. The summed E-state index contributed by atoms with van der Waals surface area (Å²) < 4.78 is 45.2. The largest absolute Gasteiger partial charge is 0.495 e. The summed E-state index contributed by atoms with van der Waals surface area (Å²) in [6.45, 7) is 1.50. The van der Waals surface area contributed by atoms with Crippen LogP contribution in [0, 0.1) is 0 Å². The zero-order valence-electron chi connectivity index (χ0n) is 23.2. The number of fused-ring (bicyclic) bond motifs is 1. The molecule has 1 aliphatic rings. The summed E-state index contributed by atoms with van der Waals surface area (Å²) in [6, 6.07) is 15.0. The predicted molar refractivity (Wildman–Crippen MR) is 156 cm³/mol. The number of nitrogens with zero attached hydrogens (tertiary/aromatic N) is 1. The van der Waals surface area contributed by atoms with Crippen molar-refractivity contribution in [2.24, 2.45) is 0 Å². The molecule has 1 aliphatic carbocycles. The van der Waals surface area contributed by atoms with Gasteiger partial charge in [0.05, 0.1) is 38.0 Å². The number of carbonyl (C=O) groups is 1. The highest BCUT2D eigenvalue weighted by molar-refractivity contribution is 7.92. The van der Waals surface area contributed by atoms with Crippen LogP contribution in [0.2, 0.25) is 5.02 Å². The molecule has 4 rings (SSSR count). The van der Waals surface area contributed by atoms with E-state index in [0.717, 1.165) is 29.1 Å². The van der Waals surface area contributed by atoms with E-state index in [1.54, 1.807) is 12.1 Å². The Morgan fingerprint density at radius 1 is 0.900 bits per heavy atom. The van der Waals surface area contributed by atoms with Crippen molar-refractivity contribution in [1.29, 1.82) is 0 Å². The Bertz CT molecular complexity index is 1480. The molecule has 1 atom stereocenters. The number of hydrogen-bond acceptors (Lipinski definition) is 6. The number of sulfonamides is 1. The van der Waals surface area contributed by atoms with Crippen molar-refractivity contribution in [3.05, 3.63) is 76.3 Å². The molecule has 0 spiro atoms. The minimum absolute atomic E-state index is 0.0818. The maximum Gasteiger partial charge on any atom is 0.265 e. The van der Waals surface area contributed by atoms with E-state index in [1.165, 1.54) is 63.1 Å². The molecule has 3 aromatic rings. The summed E-state index contributed by atoms with van der Waals surface area (Å²) >= 11 is 6.27. The second kappa shape index (κ2) is 12.8. The number of anilines is 1.